The highest BCUT2D eigenvalue weighted by atomic mass is 16.6. The lowest BCUT2D eigenvalue weighted by Crippen LogP contribution is -2.52. The fourth-order valence-corrected chi connectivity index (χ4v) is 6.22. The maximum Gasteiger partial charge on any atom is 0.339 e. The number of aliphatic hydroxyl groups excluding tert-OH is 1. The molecule has 1 unspecified atom stereocenters. The highest BCUT2D eigenvalue weighted by Gasteiger charge is 2.71. The van der Waals surface area contributed by atoms with Crippen molar-refractivity contribution in [3.05, 3.63) is 22.7 Å². The summed E-state index contributed by atoms with van der Waals surface area (Å²) >= 11 is 0. The van der Waals surface area contributed by atoms with Crippen LogP contribution in [0.25, 0.3) is 0 Å². The zero-order valence-electron chi connectivity index (χ0n) is 16.3. The first kappa shape index (κ1) is 17.6. The Morgan fingerprint density at radius 3 is 2.54 bits per heavy atom. The van der Waals surface area contributed by atoms with E-state index < -0.39 is 17.0 Å². The molecule has 3 aliphatic carbocycles. The van der Waals surface area contributed by atoms with Crippen LogP contribution in [0.2, 0.25) is 0 Å². The third-order valence-corrected chi connectivity index (χ3v) is 7.29. The molecule has 26 heavy (non-hydrogen) atoms. The molecule has 2 bridgehead atoms. The number of ketones is 1. The van der Waals surface area contributed by atoms with Gasteiger partial charge in [-0.15, -0.1) is 0 Å². The first-order valence-corrected chi connectivity index (χ1v) is 9.60. The molecule has 0 aromatic heterocycles. The van der Waals surface area contributed by atoms with E-state index in [1.807, 2.05) is 13.8 Å². The van der Waals surface area contributed by atoms with Crippen LogP contribution in [0.15, 0.2) is 22.7 Å². The predicted octanol–water partition coefficient (Wildman–Crippen LogP) is 3.84. The first-order valence-electron chi connectivity index (χ1n) is 9.60. The van der Waals surface area contributed by atoms with E-state index >= 15 is 0 Å². The van der Waals surface area contributed by atoms with Gasteiger partial charge < -0.3 is 14.6 Å². The summed E-state index contributed by atoms with van der Waals surface area (Å²) in [5.74, 6) is -0.591. The molecular weight excluding hydrogens is 332 g/mol. The van der Waals surface area contributed by atoms with Crippen molar-refractivity contribution in [3.8, 4) is 0 Å². The molecule has 0 radical (unpaired) electrons. The molecular formula is C21H28O5. The summed E-state index contributed by atoms with van der Waals surface area (Å²) in [5, 5.41) is 11.0. The summed E-state index contributed by atoms with van der Waals surface area (Å²) in [4.78, 5) is 26.6. The van der Waals surface area contributed by atoms with E-state index in [9.17, 15) is 14.7 Å². The molecule has 2 saturated carbocycles. The van der Waals surface area contributed by atoms with E-state index in [2.05, 4.69) is 13.8 Å². The Bertz CT molecular complexity index is 771. The average molecular weight is 360 g/mol. The van der Waals surface area contributed by atoms with E-state index in [-0.39, 0.29) is 40.1 Å². The molecule has 1 saturated heterocycles. The molecule has 1 aliphatic heterocycles. The van der Waals surface area contributed by atoms with Gasteiger partial charge in [0.1, 0.15) is 11.4 Å². The summed E-state index contributed by atoms with van der Waals surface area (Å²) in [7, 11) is 1.47. The van der Waals surface area contributed by atoms with Crippen LogP contribution in [0, 0.1) is 22.7 Å². The van der Waals surface area contributed by atoms with Gasteiger partial charge in [-0.3, -0.25) is 4.79 Å². The minimum atomic E-state index is -1.00. The Morgan fingerprint density at radius 2 is 1.92 bits per heavy atom. The lowest BCUT2D eigenvalue weighted by molar-refractivity contribution is -0.177. The van der Waals surface area contributed by atoms with E-state index in [4.69, 9.17) is 9.47 Å². The largest absolute Gasteiger partial charge is 0.507 e. The minimum Gasteiger partial charge on any atom is -0.507 e. The number of rotatable bonds is 2. The molecule has 0 aromatic carbocycles. The second-order valence-electron chi connectivity index (χ2n) is 9.47. The average Bonchev–Trinajstić information content (AvgIpc) is 2.81. The SMILES string of the molecule is COC1=C(C(C)C)C(O)=C2C(=O)O[C@]34CCCC(C)(C)C3C[C@]2(C4)C1=O. The maximum atomic E-state index is 13.6. The number of methoxy groups -OCH3 is 1. The van der Waals surface area contributed by atoms with Crippen molar-refractivity contribution in [2.45, 2.75) is 65.4 Å². The molecule has 5 nitrogen and oxygen atoms in total. The smallest absolute Gasteiger partial charge is 0.339 e. The van der Waals surface area contributed by atoms with E-state index in [1.165, 1.54) is 7.11 Å². The van der Waals surface area contributed by atoms with Crippen LogP contribution in [-0.4, -0.2) is 29.6 Å². The zero-order valence-corrected chi connectivity index (χ0v) is 16.3. The van der Waals surface area contributed by atoms with Crippen molar-refractivity contribution in [1.29, 1.82) is 0 Å². The van der Waals surface area contributed by atoms with Crippen molar-refractivity contribution >= 4 is 11.8 Å². The van der Waals surface area contributed by atoms with Crippen LogP contribution in [0.1, 0.15) is 59.8 Å². The lowest BCUT2D eigenvalue weighted by atomic mass is 9.63. The number of esters is 1. The molecule has 0 amide bonds. The van der Waals surface area contributed by atoms with Gasteiger partial charge in [0, 0.05) is 17.9 Å². The van der Waals surface area contributed by atoms with E-state index in [0.717, 1.165) is 19.3 Å². The number of carbonyl (C=O) groups is 2. The van der Waals surface area contributed by atoms with Crippen molar-refractivity contribution in [2.75, 3.05) is 7.11 Å². The maximum absolute atomic E-state index is 13.6. The molecule has 142 valence electrons. The van der Waals surface area contributed by atoms with E-state index in [1.54, 1.807) is 0 Å². The number of hydrogen-bond acceptors (Lipinski definition) is 5. The van der Waals surface area contributed by atoms with Gasteiger partial charge in [-0.2, -0.15) is 0 Å². The van der Waals surface area contributed by atoms with Crippen LogP contribution in [0.4, 0.5) is 0 Å². The van der Waals surface area contributed by atoms with Gasteiger partial charge in [0.05, 0.1) is 18.1 Å². The first-order chi connectivity index (χ1) is 12.1. The highest BCUT2D eigenvalue weighted by Crippen LogP contribution is 2.68. The number of Topliss-reactive ketones (excluding diaryl/α,β-unsaturated/α-hetero) is 1. The molecule has 4 aliphatic rings. The van der Waals surface area contributed by atoms with Crippen molar-refractivity contribution < 1.29 is 24.2 Å². The van der Waals surface area contributed by atoms with Gasteiger partial charge in [0.15, 0.2) is 5.76 Å². The van der Waals surface area contributed by atoms with Gasteiger partial charge in [-0.1, -0.05) is 27.7 Å². The standard InChI is InChI=1S/C21H28O5/c1-11(2)13-15(22)14-18(24)26-21-8-6-7-19(3,4)12(21)9-20(14,10-21)17(23)16(13)25-5/h11-12,22H,6-10H2,1-5H3/t12?,20-,21+/m1/s1. The number of aliphatic hydroxyl groups is 1. The molecule has 3 fully saturated rings. The van der Waals surface area contributed by atoms with Gasteiger partial charge >= 0.3 is 5.97 Å². The highest BCUT2D eigenvalue weighted by molar-refractivity contribution is 6.11. The third kappa shape index (κ3) is 1.92. The molecule has 1 N–H and O–H groups in total. The van der Waals surface area contributed by atoms with Crippen molar-refractivity contribution in [2.24, 2.45) is 22.7 Å². The van der Waals surface area contributed by atoms with Crippen LogP contribution >= 0.6 is 0 Å². The Balaban J connectivity index is 1.95. The van der Waals surface area contributed by atoms with Crippen molar-refractivity contribution in [1.82, 2.24) is 0 Å². The van der Waals surface area contributed by atoms with Crippen LogP contribution in [-0.2, 0) is 19.1 Å². The van der Waals surface area contributed by atoms with Gasteiger partial charge in [0.2, 0.25) is 5.78 Å². The molecule has 0 aromatic rings. The second kappa shape index (κ2) is 5.14. The Morgan fingerprint density at radius 1 is 1.23 bits per heavy atom. The van der Waals surface area contributed by atoms with Crippen molar-refractivity contribution in [3.63, 3.8) is 0 Å². The summed E-state index contributed by atoms with van der Waals surface area (Å²) < 4.78 is 11.5. The minimum absolute atomic E-state index is 0.0113. The summed E-state index contributed by atoms with van der Waals surface area (Å²) in [5.41, 5.74) is -1.02. The van der Waals surface area contributed by atoms with Crippen LogP contribution in [0.5, 0.6) is 0 Å². The predicted molar refractivity (Wildman–Crippen MR) is 95.1 cm³/mol. The van der Waals surface area contributed by atoms with Gasteiger partial charge in [-0.05, 0) is 37.0 Å². The Hall–Kier alpha value is -1.78. The summed E-state index contributed by atoms with van der Waals surface area (Å²) in [6.45, 7) is 8.16. The second-order valence-corrected chi connectivity index (χ2v) is 9.47. The van der Waals surface area contributed by atoms with Gasteiger partial charge in [0.25, 0.3) is 0 Å². The quantitative estimate of drug-likeness (QED) is 0.758. The number of allylic oxidation sites excluding steroid dienone is 2. The summed E-state index contributed by atoms with van der Waals surface area (Å²) in [6, 6.07) is 0. The molecule has 3 atom stereocenters. The van der Waals surface area contributed by atoms with Crippen LogP contribution < -0.4 is 0 Å². The molecule has 1 heterocycles. The lowest BCUT2D eigenvalue weighted by Gasteiger charge is -2.49. The molecule has 5 heteroatoms. The topological polar surface area (TPSA) is 72.8 Å². The Kier molecular flexibility index (Phi) is 3.49. The molecule has 2 spiro atoms. The molecule has 4 rings (SSSR count). The number of hydrogen-bond donors (Lipinski definition) is 1. The Labute approximate surface area is 154 Å². The normalized spacial score (nSPS) is 38.3. The zero-order chi connectivity index (χ0) is 19.1. The monoisotopic (exact) mass is 360 g/mol. The fourth-order valence-electron chi connectivity index (χ4n) is 6.22. The van der Waals surface area contributed by atoms with Crippen LogP contribution in [0.3, 0.4) is 0 Å². The third-order valence-electron chi connectivity index (χ3n) is 7.29. The summed E-state index contributed by atoms with van der Waals surface area (Å²) in [6.07, 6.45) is 3.84. The van der Waals surface area contributed by atoms with Gasteiger partial charge in [-0.25, -0.2) is 4.79 Å². The number of carbonyl (C=O) groups excluding carboxylic acids is 2. The number of ether oxygens (including phenoxy) is 2. The fraction of sp³-hybridized carbons (Fsp3) is 0.714. The van der Waals surface area contributed by atoms with E-state index in [0.29, 0.717) is 18.4 Å².